The molecular weight excluding hydrogens is 663 g/mol. The lowest BCUT2D eigenvalue weighted by Crippen LogP contribution is -2.45. The van der Waals surface area contributed by atoms with E-state index in [2.05, 4.69) is 181 Å². The molecule has 5 aliphatic rings. The van der Waals surface area contributed by atoms with Gasteiger partial charge in [0.1, 0.15) is 0 Å². The molecule has 7 aromatic carbocycles. The Morgan fingerprint density at radius 3 is 2.07 bits per heavy atom. The van der Waals surface area contributed by atoms with Crippen molar-refractivity contribution in [1.82, 2.24) is 4.57 Å². The number of hydrogen-bond donors (Lipinski definition) is 0. The third-order valence-electron chi connectivity index (χ3n) is 13.7. The van der Waals surface area contributed by atoms with Crippen LogP contribution in [0.5, 0.6) is 0 Å². The second-order valence-electron chi connectivity index (χ2n) is 15.9. The Kier molecular flexibility index (Phi) is 5.70. The first-order valence-corrected chi connectivity index (χ1v) is 19.8. The molecule has 1 nitrogen and oxygen atoms in total. The van der Waals surface area contributed by atoms with E-state index < -0.39 is 10.8 Å². The topological polar surface area (TPSA) is 4.93 Å². The van der Waals surface area contributed by atoms with Gasteiger partial charge in [0.2, 0.25) is 0 Å². The fraction of sp³-hybridized carbons (Fsp3) is 0.111. The number of para-hydroxylation sites is 1. The molecule has 1 heterocycles. The second kappa shape index (κ2) is 10.5. The number of rotatable bonds is 1. The summed E-state index contributed by atoms with van der Waals surface area (Å²) in [5.41, 5.74) is 19.3. The highest BCUT2D eigenvalue weighted by Gasteiger charge is 2.60. The lowest BCUT2D eigenvalue weighted by atomic mass is 9.51. The Morgan fingerprint density at radius 2 is 1.20 bits per heavy atom. The van der Waals surface area contributed by atoms with Gasteiger partial charge in [0.15, 0.2) is 0 Å². The summed E-state index contributed by atoms with van der Waals surface area (Å²) in [6.07, 6.45) is 13.9. The highest BCUT2D eigenvalue weighted by molar-refractivity contribution is 6.21. The quantitative estimate of drug-likeness (QED) is 0.161. The van der Waals surface area contributed by atoms with Gasteiger partial charge in [-0.25, -0.2) is 0 Å². The van der Waals surface area contributed by atoms with Crippen molar-refractivity contribution in [2.45, 2.75) is 36.5 Å². The van der Waals surface area contributed by atoms with Gasteiger partial charge in [-0.15, -0.1) is 0 Å². The smallest absolute Gasteiger partial charge is 0.0737 e. The van der Waals surface area contributed by atoms with E-state index in [0.717, 1.165) is 25.7 Å². The summed E-state index contributed by atoms with van der Waals surface area (Å²) in [5.74, 6) is 0. The van der Waals surface area contributed by atoms with Crippen molar-refractivity contribution >= 4 is 43.7 Å². The molecule has 0 radical (unpaired) electrons. The van der Waals surface area contributed by atoms with Crippen LogP contribution in [0, 0.1) is 12.1 Å². The molecular formula is C54H35N. The zero-order valence-electron chi connectivity index (χ0n) is 30.4. The van der Waals surface area contributed by atoms with Gasteiger partial charge in [-0.05, 0) is 122 Å². The molecule has 0 fully saturated rings. The van der Waals surface area contributed by atoms with E-state index in [-0.39, 0.29) is 0 Å². The summed E-state index contributed by atoms with van der Waals surface area (Å²) in [6.45, 7) is 0. The van der Waals surface area contributed by atoms with Crippen LogP contribution in [0.25, 0.3) is 49.4 Å². The van der Waals surface area contributed by atoms with Crippen LogP contribution in [-0.2, 0) is 10.8 Å². The van der Waals surface area contributed by atoms with Gasteiger partial charge in [0.05, 0.1) is 27.6 Å². The molecule has 55 heavy (non-hydrogen) atoms. The van der Waals surface area contributed by atoms with Gasteiger partial charge < -0.3 is 4.57 Å². The highest BCUT2D eigenvalue weighted by Crippen LogP contribution is 2.68. The predicted octanol–water partition coefficient (Wildman–Crippen LogP) is 12.8. The SMILES string of the molecule is c1ccc2c(c#1)C1=C(C=CCC1)C21c2ccccc2C2(C3=C(CCC=C3)c3ccccc32)c2c(-n3c4ccccc4c4c5ccccc5ccc43)cccc21. The number of fused-ring (bicyclic) bond motifs is 19. The molecule has 2 spiro atoms. The van der Waals surface area contributed by atoms with Crippen LogP contribution in [0.3, 0.4) is 0 Å². The van der Waals surface area contributed by atoms with Gasteiger partial charge in [-0.3, -0.25) is 0 Å². The molecule has 0 aliphatic heterocycles. The van der Waals surface area contributed by atoms with Gasteiger partial charge in [0, 0.05) is 21.9 Å². The standard InChI is InChI=1S/C54H35N/c1-2-17-35-34(16-1)32-33-49-51(35)40-22-7-14-30-48(40)55(49)50-31-15-29-47-52(50)54(43-25-10-5-20-38(43)39-21-6-11-26-44(39)54)46-28-13-12-27-45(46)53(47)41-23-8-3-18-36(41)37-19-4-9-24-42(37)53/h1-2,5,7-17,20,22-33H,3,6,18,21H2. The van der Waals surface area contributed by atoms with E-state index >= 15 is 0 Å². The second-order valence-corrected chi connectivity index (χ2v) is 15.9. The van der Waals surface area contributed by atoms with E-state index in [1.165, 1.54) is 105 Å². The zero-order valence-corrected chi connectivity index (χ0v) is 30.4. The van der Waals surface area contributed by atoms with Crippen molar-refractivity contribution < 1.29 is 0 Å². The van der Waals surface area contributed by atoms with E-state index in [9.17, 15) is 0 Å². The van der Waals surface area contributed by atoms with Crippen molar-refractivity contribution in [3.63, 3.8) is 0 Å². The average molecular weight is 698 g/mol. The molecule has 0 bridgehead atoms. The molecule has 1 aromatic heterocycles. The lowest BCUT2D eigenvalue weighted by Gasteiger charge is -2.50. The number of hydrogen-bond acceptors (Lipinski definition) is 0. The normalized spacial score (nSPS) is 21.2. The molecule has 0 saturated heterocycles. The summed E-state index contributed by atoms with van der Waals surface area (Å²) in [5, 5.41) is 5.16. The number of benzene rings is 6. The fourth-order valence-corrected chi connectivity index (χ4v) is 11.9. The minimum absolute atomic E-state index is 0.511. The van der Waals surface area contributed by atoms with Gasteiger partial charge in [-0.2, -0.15) is 0 Å². The molecule has 1 heteroatoms. The third kappa shape index (κ3) is 3.40. The first-order valence-electron chi connectivity index (χ1n) is 19.8. The summed E-state index contributed by atoms with van der Waals surface area (Å²) in [6, 6.07) is 60.2. The zero-order chi connectivity index (χ0) is 35.9. The Labute approximate surface area is 320 Å². The Morgan fingerprint density at radius 1 is 0.509 bits per heavy atom. The lowest BCUT2D eigenvalue weighted by molar-refractivity contribution is 0.622. The molecule has 0 saturated carbocycles. The summed E-state index contributed by atoms with van der Waals surface area (Å²) >= 11 is 0. The number of allylic oxidation sites excluding steroid dienone is 8. The Bertz CT molecular complexity index is 3160. The largest absolute Gasteiger partial charge is 0.309 e. The molecule has 2 unspecified atom stereocenters. The molecule has 5 aliphatic carbocycles. The molecule has 256 valence electrons. The van der Waals surface area contributed by atoms with E-state index in [4.69, 9.17) is 0 Å². The van der Waals surface area contributed by atoms with Crippen molar-refractivity contribution in [1.29, 1.82) is 0 Å². The van der Waals surface area contributed by atoms with Crippen LogP contribution in [0.15, 0.2) is 175 Å². The first kappa shape index (κ1) is 29.8. The molecule has 0 amide bonds. The van der Waals surface area contributed by atoms with Crippen LogP contribution in [0.2, 0.25) is 0 Å². The molecule has 13 rings (SSSR count). The van der Waals surface area contributed by atoms with Crippen LogP contribution >= 0.6 is 0 Å². The summed E-state index contributed by atoms with van der Waals surface area (Å²) in [7, 11) is 0. The van der Waals surface area contributed by atoms with E-state index in [1.54, 1.807) is 0 Å². The van der Waals surface area contributed by atoms with Gasteiger partial charge in [-0.1, -0.05) is 146 Å². The van der Waals surface area contributed by atoms with Crippen LogP contribution in [0.4, 0.5) is 0 Å². The van der Waals surface area contributed by atoms with Crippen molar-refractivity contribution in [2.24, 2.45) is 0 Å². The maximum Gasteiger partial charge on any atom is 0.0737 e. The van der Waals surface area contributed by atoms with Gasteiger partial charge in [0.25, 0.3) is 0 Å². The Balaban J connectivity index is 1.29. The van der Waals surface area contributed by atoms with Crippen LogP contribution in [-0.4, -0.2) is 4.57 Å². The van der Waals surface area contributed by atoms with E-state index in [1.807, 2.05) is 0 Å². The van der Waals surface area contributed by atoms with Crippen LogP contribution < -0.4 is 0 Å². The summed E-state index contributed by atoms with van der Waals surface area (Å²) < 4.78 is 2.61. The van der Waals surface area contributed by atoms with Crippen LogP contribution in [0.1, 0.15) is 70.2 Å². The summed E-state index contributed by atoms with van der Waals surface area (Å²) in [4.78, 5) is 0. The first-order chi connectivity index (χ1) is 27.3. The monoisotopic (exact) mass is 697 g/mol. The Hall–Kier alpha value is -6.62. The average Bonchev–Trinajstić information content (AvgIpc) is 3.86. The van der Waals surface area contributed by atoms with Crippen molar-refractivity contribution in [3.8, 4) is 5.69 Å². The molecule has 0 N–H and O–H groups in total. The highest BCUT2D eigenvalue weighted by atomic mass is 15.0. The molecule has 8 aromatic rings. The number of aromatic nitrogens is 1. The fourth-order valence-electron chi connectivity index (χ4n) is 11.9. The van der Waals surface area contributed by atoms with Crippen molar-refractivity contribution in [2.75, 3.05) is 0 Å². The van der Waals surface area contributed by atoms with Gasteiger partial charge >= 0.3 is 0 Å². The molecule has 2 atom stereocenters. The van der Waals surface area contributed by atoms with Crippen molar-refractivity contribution in [3.05, 3.63) is 232 Å². The predicted molar refractivity (Wildman–Crippen MR) is 226 cm³/mol. The minimum atomic E-state index is -0.530. The number of nitrogens with zero attached hydrogens (tertiary/aromatic N) is 1. The third-order valence-corrected chi connectivity index (χ3v) is 13.7. The maximum absolute atomic E-state index is 3.67. The van der Waals surface area contributed by atoms with E-state index in [0.29, 0.717) is 0 Å². The maximum atomic E-state index is 3.67. The minimum Gasteiger partial charge on any atom is -0.309 e.